The molecule has 0 saturated carbocycles. The average molecular weight is 342 g/mol. The molecular formula is C17H16ClN5O. The molecular weight excluding hydrogens is 326 g/mol. The second-order valence-corrected chi connectivity index (χ2v) is 5.42. The number of halogens is 1. The first kappa shape index (κ1) is 16.0. The molecule has 0 radical (unpaired) electrons. The average Bonchev–Trinajstić information content (AvgIpc) is 3.14. The normalized spacial score (nSPS) is 10.4. The van der Waals surface area contributed by atoms with E-state index in [1.165, 1.54) is 6.33 Å². The van der Waals surface area contributed by atoms with Crippen molar-refractivity contribution in [2.75, 3.05) is 18.4 Å². The molecule has 24 heavy (non-hydrogen) atoms. The van der Waals surface area contributed by atoms with Gasteiger partial charge in [-0.1, -0.05) is 23.7 Å². The smallest absolute Gasteiger partial charge is 0.252 e. The number of hydrogen-bond acceptors (Lipinski definition) is 4. The van der Waals surface area contributed by atoms with Gasteiger partial charge in [0.25, 0.3) is 5.91 Å². The van der Waals surface area contributed by atoms with Crippen LogP contribution in [0.4, 0.5) is 5.82 Å². The zero-order valence-corrected chi connectivity index (χ0v) is 13.6. The van der Waals surface area contributed by atoms with Crippen LogP contribution in [0.5, 0.6) is 0 Å². The summed E-state index contributed by atoms with van der Waals surface area (Å²) in [5.74, 6) is 1.27. The fraction of sp³-hybridized carbons (Fsp3) is 0.118. The Kier molecular flexibility index (Phi) is 5.08. The van der Waals surface area contributed by atoms with Gasteiger partial charge in [0.1, 0.15) is 18.0 Å². The predicted molar refractivity (Wildman–Crippen MR) is 93.6 cm³/mol. The number of benzene rings is 1. The highest BCUT2D eigenvalue weighted by Crippen LogP contribution is 2.14. The minimum absolute atomic E-state index is 0.196. The van der Waals surface area contributed by atoms with Crippen LogP contribution in [0.25, 0.3) is 5.82 Å². The fourth-order valence-electron chi connectivity index (χ4n) is 2.18. The first-order valence-electron chi connectivity index (χ1n) is 7.46. The number of aromatic nitrogens is 3. The Labute approximate surface area is 144 Å². The molecule has 0 fully saturated rings. The number of hydrogen-bond donors (Lipinski definition) is 2. The molecule has 2 N–H and O–H groups in total. The van der Waals surface area contributed by atoms with Crippen LogP contribution in [-0.4, -0.2) is 33.5 Å². The van der Waals surface area contributed by atoms with E-state index in [2.05, 4.69) is 20.6 Å². The summed E-state index contributed by atoms with van der Waals surface area (Å²) in [6.45, 7) is 0.991. The summed E-state index contributed by atoms with van der Waals surface area (Å²) in [4.78, 5) is 20.4. The Morgan fingerprint density at radius 1 is 1.08 bits per heavy atom. The molecule has 0 aliphatic heterocycles. The molecule has 1 amide bonds. The van der Waals surface area contributed by atoms with Crippen molar-refractivity contribution in [1.82, 2.24) is 19.9 Å². The maximum absolute atomic E-state index is 12.0. The fourth-order valence-corrected chi connectivity index (χ4v) is 2.40. The summed E-state index contributed by atoms with van der Waals surface area (Å²) >= 11 is 6.00. The molecule has 0 bridgehead atoms. The lowest BCUT2D eigenvalue weighted by Crippen LogP contribution is -2.29. The molecule has 2 heterocycles. The standard InChI is InChI=1S/C17H16ClN5O/c18-14-6-2-1-5-13(14)17(24)20-8-7-19-15-11-16(22-12-21-15)23-9-3-4-10-23/h1-6,9-12H,7-8H2,(H,20,24)(H,19,21,22). The van der Waals surface area contributed by atoms with Crippen LogP contribution < -0.4 is 10.6 Å². The first-order valence-corrected chi connectivity index (χ1v) is 7.84. The van der Waals surface area contributed by atoms with Crippen molar-refractivity contribution in [1.29, 1.82) is 0 Å². The van der Waals surface area contributed by atoms with E-state index in [1.807, 2.05) is 35.2 Å². The SMILES string of the molecule is O=C(NCCNc1cc(-n2cccc2)ncn1)c1ccccc1Cl. The van der Waals surface area contributed by atoms with Gasteiger partial charge in [-0.25, -0.2) is 9.97 Å². The van der Waals surface area contributed by atoms with E-state index >= 15 is 0 Å². The molecule has 0 aliphatic carbocycles. The van der Waals surface area contributed by atoms with Gasteiger partial charge in [-0.15, -0.1) is 0 Å². The lowest BCUT2D eigenvalue weighted by atomic mass is 10.2. The lowest BCUT2D eigenvalue weighted by Gasteiger charge is -2.09. The number of nitrogens with one attached hydrogen (secondary N) is 2. The maximum Gasteiger partial charge on any atom is 0.252 e. The highest BCUT2D eigenvalue weighted by atomic mass is 35.5. The van der Waals surface area contributed by atoms with Gasteiger partial charge in [-0.05, 0) is 24.3 Å². The number of nitrogens with zero attached hydrogens (tertiary/aromatic N) is 3. The summed E-state index contributed by atoms with van der Waals surface area (Å²) < 4.78 is 1.89. The number of rotatable bonds is 6. The van der Waals surface area contributed by atoms with E-state index in [9.17, 15) is 4.79 Å². The Morgan fingerprint density at radius 2 is 1.88 bits per heavy atom. The molecule has 6 nitrogen and oxygen atoms in total. The van der Waals surface area contributed by atoms with Gasteiger partial charge < -0.3 is 15.2 Å². The van der Waals surface area contributed by atoms with Crippen molar-refractivity contribution in [3.05, 3.63) is 71.8 Å². The van der Waals surface area contributed by atoms with E-state index in [4.69, 9.17) is 11.6 Å². The first-order chi connectivity index (χ1) is 11.7. The summed E-state index contributed by atoms with van der Waals surface area (Å²) in [7, 11) is 0. The Balaban J connectivity index is 1.51. The van der Waals surface area contributed by atoms with Gasteiger partial charge >= 0.3 is 0 Å². The molecule has 0 spiro atoms. The largest absolute Gasteiger partial charge is 0.368 e. The molecule has 3 rings (SSSR count). The van der Waals surface area contributed by atoms with Crippen LogP contribution in [0.1, 0.15) is 10.4 Å². The van der Waals surface area contributed by atoms with Crippen LogP contribution in [0.2, 0.25) is 5.02 Å². The summed E-state index contributed by atoms with van der Waals surface area (Å²) in [5.41, 5.74) is 0.469. The summed E-state index contributed by atoms with van der Waals surface area (Å²) in [6, 6.07) is 12.7. The van der Waals surface area contributed by atoms with Crippen molar-refractivity contribution in [3.63, 3.8) is 0 Å². The number of anilines is 1. The predicted octanol–water partition coefficient (Wildman–Crippen LogP) is 2.76. The van der Waals surface area contributed by atoms with Crippen LogP contribution in [-0.2, 0) is 0 Å². The molecule has 122 valence electrons. The molecule has 2 aromatic heterocycles. The van der Waals surface area contributed by atoms with Crippen molar-refractivity contribution in [2.45, 2.75) is 0 Å². The number of amides is 1. The molecule has 3 aromatic rings. The molecule has 7 heteroatoms. The van der Waals surface area contributed by atoms with Crippen molar-refractivity contribution >= 4 is 23.3 Å². The molecule has 0 aliphatic rings. The third kappa shape index (κ3) is 3.91. The van der Waals surface area contributed by atoms with Crippen molar-refractivity contribution in [2.24, 2.45) is 0 Å². The monoisotopic (exact) mass is 341 g/mol. The Bertz CT molecular complexity index is 819. The van der Waals surface area contributed by atoms with Crippen LogP contribution in [0.3, 0.4) is 0 Å². The van der Waals surface area contributed by atoms with Gasteiger partial charge in [0.2, 0.25) is 0 Å². The third-order valence-electron chi connectivity index (χ3n) is 3.36. The summed E-state index contributed by atoms with van der Waals surface area (Å²) in [6.07, 6.45) is 5.33. The second kappa shape index (κ2) is 7.61. The Morgan fingerprint density at radius 3 is 2.67 bits per heavy atom. The van der Waals surface area contributed by atoms with Crippen LogP contribution >= 0.6 is 11.6 Å². The molecule has 0 atom stereocenters. The van der Waals surface area contributed by atoms with E-state index < -0.39 is 0 Å². The van der Waals surface area contributed by atoms with Gasteiger partial charge in [0.15, 0.2) is 0 Å². The number of carbonyl (C=O) groups is 1. The Hall–Kier alpha value is -2.86. The topological polar surface area (TPSA) is 71.8 Å². The zero-order chi connectivity index (χ0) is 16.8. The summed E-state index contributed by atoms with van der Waals surface area (Å²) in [5, 5.41) is 6.41. The number of carbonyl (C=O) groups excluding carboxylic acids is 1. The maximum atomic E-state index is 12.0. The van der Waals surface area contributed by atoms with E-state index in [0.717, 1.165) is 5.82 Å². The van der Waals surface area contributed by atoms with Crippen LogP contribution in [0.15, 0.2) is 61.2 Å². The minimum atomic E-state index is -0.196. The second-order valence-electron chi connectivity index (χ2n) is 5.01. The van der Waals surface area contributed by atoms with E-state index in [1.54, 1.807) is 24.3 Å². The van der Waals surface area contributed by atoms with Gasteiger partial charge in [-0.2, -0.15) is 0 Å². The highest BCUT2D eigenvalue weighted by Gasteiger charge is 2.08. The van der Waals surface area contributed by atoms with Crippen molar-refractivity contribution in [3.8, 4) is 5.82 Å². The third-order valence-corrected chi connectivity index (χ3v) is 3.69. The van der Waals surface area contributed by atoms with Gasteiger partial charge in [0.05, 0.1) is 10.6 Å². The highest BCUT2D eigenvalue weighted by molar-refractivity contribution is 6.33. The van der Waals surface area contributed by atoms with Gasteiger partial charge in [-0.3, -0.25) is 4.79 Å². The molecule has 0 saturated heterocycles. The minimum Gasteiger partial charge on any atom is -0.368 e. The van der Waals surface area contributed by atoms with Gasteiger partial charge in [0, 0.05) is 31.5 Å². The van der Waals surface area contributed by atoms with Crippen LogP contribution in [0, 0.1) is 0 Å². The van der Waals surface area contributed by atoms with Crippen molar-refractivity contribution < 1.29 is 4.79 Å². The van der Waals surface area contributed by atoms with E-state index in [0.29, 0.717) is 29.5 Å². The zero-order valence-electron chi connectivity index (χ0n) is 12.8. The lowest BCUT2D eigenvalue weighted by molar-refractivity contribution is 0.0955. The quantitative estimate of drug-likeness (QED) is 0.676. The molecule has 1 aromatic carbocycles. The van der Waals surface area contributed by atoms with E-state index in [-0.39, 0.29) is 5.91 Å². The molecule has 0 unspecified atom stereocenters.